The van der Waals surface area contributed by atoms with Gasteiger partial charge in [-0.15, -0.1) is 0 Å². The quantitative estimate of drug-likeness (QED) is 0.131. The Morgan fingerprint density at radius 1 is 1.10 bits per heavy atom. The molecule has 0 saturated heterocycles. The highest BCUT2D eigenvalue weighted by Gasteiger charge is 2.23. The fourth-order valence-electron chi connectivity index (χ4n) is 4.83. The summed E-state index contributed by atoms with van der Waals surface area (Å²) in [5.74, 6) is -0.172. The summed E-state index contributed by atoms with van der Waals surface area (Å²) in [6, 6.07) is 0. The maximum Gasteiger partial charge on any atom is 0.331 e. The van der Waals surface area contributed by atoms with Crippen molar-refractivity contribution in [2.75, 3.05) is 0 Å². The summed E-state index contributed by atoms with van der Waals surface area (Å²) < 4.78 is 11.5. The molecular weight excluding hydrogens is 520 g/mol. The number of cyclic esters (lactones) is 1. The van der Waals surface area contributed by atoms with Crippen LogP contribution in [0, 0.1) is 11.8 Å². The highest BCUT2D eigenvalue weighted by Crippen LogP contribution is 2.25. The Balaban J connectivity index is 1.92. The van der Waals surface area contributed by atoms with Gasteiger partial charge in [0.2, 0.25) is 0 Å². The van der Waals surface area contributed by atoms with Gasteiger partial charge >= 0.3 is 11.9 Å². The van der Waals surface area contributed by atoms with Crippen molar-refractivity contribution in [1.82, 2.24) is 0 Å². The van der Waals surface area contributed by atoms with Crippen LogP contribution in [0.15, 0.2) is 71.4 Å². The van der Waals surface area contributed by atoms with Crippen LogP contribution in [-0.2, 0) is 19.1 Å². The van der Waals surface area contributed by atoms with Gasteiger partial charge < -0.3 is 24.8 Å². The van der Waals surface area contributed by atoms with Gasteiger partial charge in [0.25, 0.3) is 0 Å². The average molecular weight is 571 g/mol. The Hall–Kier alpha value is -2.74. The lowest BCUT2D eigenvalue weighted by Crippen LogP contribution is -2.27. The molecule has 7 heteroatoms. The second kappa shape index (κ2) is 17.9. The number of rotatable bonds is 10. The lowest BCUT2D eigenvalue weighted by atomic mass is 9.94. The Morgan fingerprint density at radius 2 is 1.83 bits per heavy atom. The molecule has 0 aromatic carbocycles. The Labute approximate surface area is 246 Å². The van der Waals surface area contributed by atoms with E-state index in [-0.39, 0.29) is 42.4 Å². The maximum absolute atomic E-state index is 12.7. The number of ether oxygens (including phenoxy) is 2. The molecule has 228 valence electrons. The minimum Gasteiger partial charge on any atom is -0.462 e. The molecule has 1 aliphatic heterocycles. The molecule has 0 saturated carbocycles. The molecule has 0 amide bonds. The first-order valence-corrected chi connectivity index (χ1v) is 15.0. The molecule has 0 bridgehead atoms. The molecule has 0 fully saturated rings. The van der Waals surface area contributed by atoms with E-state index in [9.17, 15) is 24.9 Å². The largest absolute Gasteiger partial charge is 0.462 e. The van der Waals surface area contributed by atoms with E-state index in [0.717, 1.165) is 36.0 Å². The molecule has 0 radical (unpaired) electrons. The van der Waals surface area contributed by atoms with Crippen LogP contribution < -0.4 is 0 Å². The molecule has 6 unspecified atom stereocenters. The van der Waals surface area contributed by atoms with E-state index >= 15 is 0 Å². The third kappa shape index (κ3) is 13.6. The van der Waals surface area contributed by atoms with Crippen molar-refractivity contribution in [3.63, 3.8) is 0 Å². The summed E-state index contributed by atoms with van der Waals surface area (Å²) >= 11 is 0. The molecule has 2 rings (SSSR count). The van der Waals surface area contributed by atoms with Crippen LogP contribution in [0.3, 0.4) is 0 Å². The van der Waals surface area contributed by atoms with Crippen molar-refractivity contribution in [2.24, 2.45) is 11.8 Å². The standard InChI is InChI=1S/C34H50O7/c1-23(2)31-13-7-6-11-25(4)32(14-9-15-33(38)40-31)41-34(39)19-18-28-17-16-27(22-28)12-8-10-24(3)20-29(36)30(37)21-26(5)35/h6-8,10,12,18-20,22-23,25-26,29-32,35-37H,9,11,13-17,21H2,1-5H3/b7-6+,10-8+,19-18+,24-20+,27-12+. The van der Waals surface area contributed by atoms with Crippen molar-refractivity contribution in [1.29, 1.82) is 0 Å². The van der Waals surface area contributed by atoms with Crippen molar-refractivity contribution < 1.29 is 34.4 Å². The van der Waals surface area contributed by atoms with Crippen molar-refractivity contribution in [3.05, 3.63) is 71.4 Å². The van der Waals surface area contributed by atoms with Crippen LogP contribution in [-0.4, -0.2) is 57.8 Å². The molecular formula is C34H50O7. The Bertz CT molecular complexity index is 1030. The van der Waals surface area contributed by atoms with E-state index in [1.54, 1.807) is 19.1 Å². The van der Waals surface area contributed by atoms with Crippen LogP contribution in [0.5, 0.6) is 0 Å². The minimum absolute atomic E-state index is 0.106. The van der Waals surface area contributed by atoms with Gasteiger partial charge in [0.05, 0.1) is 18.3 Å². The van der Waals surface area contributed by atoms with E-state index in [2.05, 4.69) is 32.9 Å². The molecule has 1 heterocycles. The van der Waals surface area contributed by atoms with Gasteiger partial charge in [0.1, 0.15) is 12.2 Å². The normalized spacial score (nSPS) is 27.3. The van der Waals surface area contributed by atoms with Gasteiger partial charge in [-0.1, -0.05) is 75.0 Å². The van der Waals surface area contributed by atoms with Crippen LogP contribution in [0.2, 0.25) is 0 Å². The number of esters is 2. The van der Waals surface area contributed by atoms with Crippen molar-refractivity contribution in [3.8, 4) is 0 Å². The Kier molecular flexibility index (Phi) is 15.1. The van der Waals surface area contributed by atoms with E-state index in [1.807, 2.05) is 31.2 Å². The zero-order valence-electron chi connectivity index (χ0n) is 25.4. The van der Waals surface area contributed by atoms with E-state index in [1.165, 1.54) is 6.08 Å². The smallest absolute Gasteiger partial charge is 0.331 e. The molecule has 7 nitrogen and oxygen atoms in total. The van der Waals surface area contributed by atoms with Gasteiger partial charge in [-0.05, 0) is 68.9 Å². The lowest BCUT2D eigenvalue weighted by molar-refractivity contribution is -0.151. The maximum atomic E-state index is 12.7. The zero-order valence-corrected chi connectivity index (χ0v) is 25.4. The second-order valence-electron chi connectivity index (χ2n) is 11.8. The van der Waals surface area contributed by atoms with Gasteiger partial charge in [-0.3, -0.25) is 4.79 Å². The SMILES string of the molecule is CC(/C=C/C=C1C=C(/C=C/C(=O)OC2CCCC(=O)OC(C(C)C)C/C=C/CC2C)CC/1)=C\C(O)C(O)CC(C)O. The number of carbonyl (C=O) groups excluding carboxylic acids is 2. The second-order valence-corrected chi connectivity index (χ2v) is 11.8. The Morgan fingerprint density at radius 3 is 2.54 bits per heavy atom. The van der Waals surface area contributed by atoms with Gasteiger partial charge in [0, 0.05) is 25.3 Å². The third-order valence-corrected chi connectivity index (χ3v) is 7.43. The van der Waals surface area contributed by atoms with Gasteiger partial charge in [-0.25, -0.2) is 4.79 Å². The van der Waals surface area contributed by atoms with Crippen molar-refractivity contribution in [2.45, 2.75) is 117 Å². The fraction of sp³-hybridized carbons (Fsp3) is 0.588. The van der Waals surface area contributed by atoms with Crippen LogP contribution in [0.25, 0.3) is 0 Å². The first-order chi connectivity index (χ1) is 19.4. The van der Waals surface area contributed by atoms with Crippen LogP contribution in [0.1, 0.15) is 86.0 Å². The number of hydrogen-bond donors (Lipinski definition) is 3. The molecule has 3 N–H and O–H groups in total. The number of aliphatic hydroxyl groups excluding tert-OH is 3. The molecule has 41 heavy (non-hydrogen) atoms. The van der Waals surface area contributed by atoms with E-state index in [4.69, 9.17) is 9.47 Å². The summed E-state index contributed by atoms with van der Waals surface area (Å²) in [5, 5.41) is 29.3. The third-order valence-electron chi connectivity index (χ3n) is 7.43. The molecule has 2 aliphatic rings. The fourth-order valence-corrected chi connectivity index (χ4v) is 4.83. The summed E-state index contributed by atoms with van der Waals surface area (Å²) in [6.45, 7) is 9.61. The molecule has 6 atom stereocenters. The molecule has 0 aromatic heterocycles. The highest BCUT2D eigenvalue weighted by molar-refractivity contribution is 5.82. The van der Waals surface area contributed by atoms with E-state index in [0.29, 0.717) is 25.7 Å². The van der Waals surface area contributed by atoms with Crippen molar-refractivity contribution >= 4 is 11.9 Å². The molecule has 0 spiro atoms. The number of aliphatic hydroxyl groups is 3. The zero-order chi connectivity index (χ0) is 30.4. The monoisotopic (exact) mass is 570 g/mol. The topological polar surface area (TPSA) is 113 Å². The van der Waals surface area contributed by atoms with Gasteiger partial charge in [0.15, 0.2) is 0 Å². The first kappa shape index (κ1) is 34.5. The van der Waals surface area contributed by atoms with Crippen LogP contribution >= 0.6 is 0 Å². The lowest BCUT2D eigenvalue weighted by Gasteiger charge is -2.24. The summed E-state index contributed by atoms with van der Waals surface area (Å²) in [7, 11) is 0. The summed E-state index contributed by atoms with van der Waals surface area (Å²) in [5.41, 5.74) is 2.97. The minimum atomic E-state index is -1.04. The molecule has 1 aliphatic carbocycles. The predicted molar refractivity (Wildman–Crippen MR) is 162 cm³/mol. The molecule has 0 aromatic rings. The van der Waals surface area contributed by atoms with Gasteiger partial charge in [-0.2, -0.15) is 0 Å². The first-order valence-electron chi connectivity index (χ1n) is 15.0. The highest BCUT2D eigenvalue weighted by atomic mass is 16.5. The van der Waals surface area contributed by atoms with E-state index < -0.39 is 18.3 Å². The summed E-state index contributed by atoms with van der Waals surface area (Å²) in [6.07, 6.45) is 18.5. The number of carbonyl (C=O) groups is 2. The number of allylic oxidation sites excluding steroid dienone is 9. The number of hydrogen-bond acceptors (Lipinski definition) is 7. The average Bonchev–Trinajstić information content (AvgIpc) is 3.34. The predicted octanol–water partition coefficient (Wildman–Crippen LogP) is 5.82. The van der Waals surface area contributed by atoms with Crippen LogP contribution in [0.4, 0.5) is 0 Å². The summed E-state index contributed by atoms with van der Waals surface area (Å²) in [4.78, 5) is 25.0.